The molecule has 1 N–H and O–H groups in total. The predicted molar refractivity (Wildman–Crippen MR) is 52.0 cm³/mol. The van der Waals surface area contributed by atoms with E-state index in [1.807, 2.05) is 6.08 Å². The van der Waals surface area contributed by atoms with Crippen molar-refractivity contribution in [3.05, 3.63) is 24.0 Å². The van der Waals surface area contributed by atoms with Crippen molar-refractivity contribution in [2.24, 2.45) is 11.8 Å². The lowest BCUT2D eigenvalue weighted by molar-refractivity contribution is -0.141. The van der Waals surface area contributed by atoms with Gasteiger partial charge in [-0.1, -0.05) is 12.2 Å². The van der Waals surface area contributed by atoms with E-state index in [2.05, 4.69) is 4.74 Å². The third-order valence-electron chi connectivity index (χ3n) is 3.44. The standard InChI is InChI=1S/C11H12O5/c1-14-9(12)7-4-15-10-8-6(7)2-3-11(8,13)5-16-10/h2-4,6,8,10,13H,5H2,1H3. The fraction of sp³-hybridized carbons (Fsp3) is 0.545. The Labute approximate surface area is 92.3 Å². The van der Waals surface area contributed by atoms with Gasteiger partial charge in [0.05, 0.1) is 31.5 Å². The molecule has 2 heterocycles. The number of hydrogen-bond acceptors (Lipinski definition) is 5. The highest BCUT2D eigenvalue weighted by Crippen LogP contribution is 2.48. The molecule has 0 saturated carbocycles. The second-order valence-electron chi connectivity index (χ2n) is 4.28. The van der Waals surface area contributed by atoms with Gasteiger partial charge in [0.25, 0.3) is 0 Å². The number of hydrogen-bond donors (Lipinski definition) is 1. The van der Waals surface area contributed by atoms with E-state index in [0.29, 0.717) is 5.57 Å². The van der Waals surface area contributed by atoms with Gasteiger partial charge in [0, 0.05) is 5.92 Å². The zero-order chi connectivity index (χ0) is 11.3. The monoisotopic (exact) mass is 224 g/mol. The summed E-state index contributed by atoms with van der Waals surface area (Å²) in [6.07, 6.45) is 4.41. The van der Waals surface area contributed by atoms with Crippen molar-refractivity contribution in [1.82, 2.24) is 0 Å². The first-order chi connectivity index (χ1) is 7.65. The van der Waals surface area contributed by atoms with E-state index in [0.717, 1.165) is 0 Å². The molecule has 1 aliphatic carbocycles. The van der Waals surface area contributed by atoms with E-state index in [4.69, 9.17) is 9.47 Å². The molecule has 1 saturated heterocycles. The Bertz CT molecular complexity index is 399. The number of allylic oxidation sites excluding steroid dienone is 1. The van der Waals surface area contributed by atoms with Crippen molar-refractivity contribution in [3.8, 4) is 0 Å². The molecule has 0 amide bonds. The zero-order valence-electron chi connectivity index (χ0n) is 8.75. The van der Waals surface area contributed by atoms with E-state index in [9.17, 15) is 9.90 Å². The van der Waals surface area contributed by atoms with Gasteiger partial charge in [-0.25, -0.2) is 4.79 Å². The first kappa shape index (κ1) is 9.86. The molecule has 0 spiro atoms. The van der Waals surface area contributed by atoms with Gasteiger partial charge < -0.3 is 19.3 Å². The highest BCUT2D eigenvalue weighted by atomic mass is 16.7. The van der Waals surface area contributed by atoms with E-state index < -0.39 is 17.9 Å². The minimum Gasteiger partial charge on any atom is -0.471 e. The fourth-order valence-corrected chi connectivity index (χ4v) is 2.62. The molecular weight excluding hydrogens is 212 g/mol. The van der Waals surface area contributed by atoms with Crippen molar-refractivity contribution in [1.29, 1.82) is 0 Å². The van der Waals surface area contributed by atoms with E-state index in [1.54, 1.807) is 6.08 Å². The quantitative estimate of drug-likeness (QED) is 0.500. The Kier molecular flexibility index (Phi) is 1.90. The number of esters is 1. The maximum atomic E-state index is 11.5. The predicted octanol–water partition coefficient (Wildman–Crippen LogP) is -0.0369. The first-order valence-corrected chi connectivity index (χ1v) is 5.13. The second kappa shape index (κ2) is 3.09. The largest absolute Gasteiger partial charge is 0.471 e. The molecule has 1 fully saturated rings. The van der Waals surface area contributed by atoms with Gasteiger partial charge in [-0.3, -0.25) is 0 Å². The van der Waals surface area contributed by atoms with Crippen LogP contribution in [0.1, 0.15) is 0 Å². The molecule has 0 aromatic rings. The fourth-order valence-electron chi connectivity index (χ4n) is 2.62. The van der Waals surface area contributed by atoms with Gasteiger partial charge in [0.15, 0.2) is 0 Å². The maximum absolute atomic E-state index is 11.5. The molecule has 2 aliphatic heterocycles. The van der Waals surface area contributed by atoms with Gasteiger partial charge in [-0.15, -0.1) is 0 Å². The Morgan fingerprint density at radius 2 is 2.50 bits per heavy atom. The van der Waals surface area contributed by atoms with Crippen molar-refractivity contribution in [2.75, 3.05) is 13.7 Å². The van der Waals surface area contributed by atoms with Gasteiger partial charge >= 0.3 is 5.97 Å². The lowest BCUT2D eigenvalue weighted by Gasteiger charge is -2.31. The molecule has 5 nitrogen and oxygen atoms in total. The van der Waals surface area contributed by atoms with Crippen molar-refractivity contribution >= 4 is 5.97 Å². The van der Waals surface area contributed by atoms with Crippen LogP contribution in [0.2, 0.25) is 0 Å². The number of ether oxygens (including phenoxy) is 3. The lowest BCUT2D eigenvalue weighted by Crippen LogP contribution is -2.41. The van der Waals surface area contributed by atoms with Gasteiger partial charge in [0.2, 0.25) is 6.29 Å². The normalized spacial score (nSPS) is 43.6. The van der Waals surface area contributed by atoms with Gasteiger partial charge in [-0.2, -0.15) is 0 Å². The van der Waals surface area contributed by atoms with Crippen LogP contribution in [0.25, 0.3) is 0 Å². The molecule has 86 valence electrons. The average Bonchev–Trinajstić information content (AvgIpc) is 2.81. The number of rotatable bonds is 1. The summed E-state index contributed by atoms with van der Waals surface area (Å²) < 4.78 is 15.3. The summed E-state index contributed by atoms with van der Waals surface area (Å²) in [6, 6.07) is 0. The molecule has 16 heavy (non-hydrogen) atoms. The van der Waals surface area contributed by atoms with E-state index in [-0.39, 0.29) is 18.4 Å². The Hall–Kier alpha value is -1.33. The second-order valence-corrected chi connectivity index (χ2v) is 4.28. The summed E-state index contributed by atoms with van der Waals surface area (Å²) in [6.45, 7) is 0.206. The van der Waals surface area contributed by atoms with Crippen LogP contribution < -0.4 is 0 Å². The van der Waals surface area contributed by atoms with Crippen molar-refractivity contribution in [2.45, 2.75) is 11.9 Å². The molecule has 5 heteroatoms. The summed E-state index contributed by atoms with van der Waals surface area (Å²) in [5.74, 6) is -0.852. The molecule has 0 bridgehead atoms. The molecule has 4 unspecified atom stereocenters. The molecular formula is C11H12O5. The minimum atomic E-state index is -1.01. The number of methoxy groups -OCH3 is 1. The molecule has 0 radical (unpaired) electrons. The Balaban J connectivity index is 1.98. The molecule has 3 rings (SSSR count). The average molecular weight is 224 g/mol. The smallest absolute Gasteiger partial charge is 0.337 e. The van der Waals surface area contributed by atoms with Crippen LogP contribution in [0.4, 0.5) is 0 Å². The summed E-state index contributed by atoms with van der Waals surface area (Å²) in [5.41, 5.74) is -0.579. The van der Waals surface area contributed by atoms with Crippen LogP contribution in [-0.4, -0.2) is 36.7 Å². The third kappa shape index (κ3) is 1.10. The summed E-state index contributed by atoms with van der Waals surface area (Å²) in [4.78, 5) is 11.5. The van der Waals surface area contributed by atoms with Gasteiger partial charge in [-0.05, 0) is 0 Å². The number of aliphatic hydroxyl groups is 1. The molecule has 4 atom stereocenters. The summed E-state index contributed by atoms with van der Waals surface area (Å²) >= 11 is 0. The molecule has 0 aromatic carbocycles. The highest BCUT2D eigenvalue weighted by molar-refractivity contribution is 5.89. The van der Waals surface area contributed by atoms with E-state index >= 15 is 0 Å². The molecule has 3 aliphatic rings. The minimum absolute atomic E-state index is 0.182. The number of carbonyl (C=O) groups is 1. The Morgan fingerprint density at radius 3 is 3.25 bits per heavy atom. The summed E-state index contributed by atoms with van der Waals surface area (Å²) in [7, 11) is 1.32. The molecule has 0 aromatic heterocycles. The van der Waals surface area contributed by atoms with E-state index in [1.165, 1.54) is 13.4 Å². The topological polar surface area (TPSA) is 65.0 Å². The third-order valence-corrected chi connectivity index (χ3v) is 3.44. The van der Waals surface area contributed by atoms with Crippen LogP contribution in [0.15, 0.2) is 24.0 Å². The summed E-state index contributed by atoms with van der Waals surface area (Å²) in [5, 5.41) is 10.2. The number of carbonyl (C=O) groups excluding carboxylic acids is 1. The SMILES string of the molecule is COC(=O)C1=COC2OCC3(O)C=CC1C23. The zero-order valence-corrected chi connectivity index (χ0v) is 8.75. The van der Waals surface area contributed by atoms with Crippen LogP contribution in [0.5, 0.6) is 0 Å². The van der Waals surface area contributed by atoms with Crippen LogP contribution in [0.3, 0.4) is 0 Å². The van der Waals surface area contributed by atoms with Crippen molar-refractivity contribution < 1.29 is 24.1 Å². The van der Waals surface area contributed by atoms with Crippen LogP contribution >= 0.6 is 0 Å². The lowest BCUT2D eigenvalue weighted by atomic mass is 9.81. The Morgan fingerprint density at radius 1 is 1.69 bits per heavy atom. The highest BCUT2D eigenvalue weighted by Gasteiger charge is 2.58. The van der Waals surface area contributed by atoms with Crippen LogP contribution in [0, 0.1) is 11.8 Å². The maximum Gasteiger partial charge on any atom is 0.337 e. The van der Waals surface area contributed by atoms with Gasteiger partial charge in [0.1, 0.15) is 5.60 Å². The van der Waals surface area contributed by atoms with Crippen molar-refractivity contribution in [3.63, 3.8) is 0 Å². The first-order valence-electron chi connectivity index (χ1n) is 5.13. The van der Waals surface area contributed by atoms with Crippen LogP contribution in [-0.2, 0) is 19.0 Å².